The zero-order valence-corrected chi connectivity index (χ0v) is 16.7. The molecule has 0 radical (unpaired) electrons. The first kappa shape index (κ1) is 24.0. The van der Waals surface area contributed by atoms with Crippen LogP contribution in [0.2, 0.25) is 0 Å². The van der Waals surface area contributed by atoms with Crippen molar-refractivity contribution in [2.24, 2.45) is 0 Å². The number of H-pyrrole nitrogens is 1. The minimum Gasteiger partial charge on any atom is -0.351 e. The molecular weight excluding hydrogens is 458 g/mol. The molecule has 2 aromatic heterocycles. The van der Waals surface area contributed by atoms with Crippen molar-refractivity contribution in [3.05, 3.63) is 96.6 Å². The maximum Gasteiger partial charge on any atom is 0.340 e. The van der Waals surface area contributed by atoms with Gasteiger partial charge in [-0.1, -0.05) is 17.7 Å². The highest BCUT2D eigenvalue weighted by molar-refractivity contribution is 7.87. The van der Waals surface area contributed by atoms with Gasteiger partial charge in [0.15, 0.2) is 0 Å². The van der Waals surface area contributed by atoms with E-state index in [-0.39, 0.29) is 4.90 Å². The number of nitrogens with one attached hydrogen (secondary N) is 1. The van der Waals surface area contributed by atoms with Crippen molar-refractivity contribution >= 4 is 21.5 Å². The summed E-state index contributed by atoms with van der Waals surface area (Å²) in [6, 6.07) is 6.78. The Kier molecular flexibility index (Phi) is 7.27. The molecule has 168 valence electrons. The molecule has 12 nitrogen and oxygen atoms in total. The molecule has 3 rings (SSSR count). The number of hydrogen-bond acceptors (Lipinski definition) is 9. The summed E-state index contributed by atoms with van der Waals surface area (Å²) in [6.45, 7) is 1.77. The maximum atomic E-state index is 12.9. The van der Waals surface area contributed by atoms with E-state index in [1.165, 1.54) is 12.1 Å². The fourth-order valence-corrected chi connectivity index (χ4v) is 2.95. The van der Waals surface area contributed by atoms with Gasteiger partial charge in [0.1, 0.15) is 16.5 Å². The average molecular weight is 470 g/mol. The Balaban J connectivity index is 0.000000278. The molecule has 32 heavy (non-hydrogen) atoms. The van der Waals surface area contributed by atoms with Crippen LogP contribution < -0.4 is 9.74 Å². The molecule has 0 fully saturated rings. The number of pyridine rings is 2. The smallest absolute Gasteiger partial charge is 0.340 e. The van der Waals surface area contributed by atoms with E-state index in [9.17, 15) is 42.2 Å². The molecule has 0 saturated heterocycles. The standard InChI is InChI=1S/C12H9FN2O5S.C5H3FN2O3/c1-8-2-4-10(5-3-8)21(18,19)20-12-11(15(16)17)6-9(13)7-14-12;6-3-1-4(8(10)11)5(9)7-2-3/h2-7H,1H3;1-2H,(H,7,9). The molecule has 0 unspecified atom stereocenters. The molecule has 0 amide bonds. The summed E-state index contributed by atoms with van der Waals surface area (Å²) < 4.78 is 53.8. The monoisotopic (exact) mass is 470 g/mol. The van der Waals surface area contributed by atoms with Gasteiger partial charge < -0.3 is 9.17 Å². The minimum atomic E-state index is -4.29. The number of aromatic amines is 1. The van der Waals surface area contributed by atoms with Gasteiger partial charge in [0.25, 0.3) is 0 Å². The fraction of sp³-hybridized carbons (Fsp3) is 0.0588. The van der Waals surface area contributed by atoms with Gasteiger partial charge in [-0.2, -0.15) is 8.42 Å². The van der Waals surface area contributed by atoms with Crippen LogP contribution in [-0.4, -0.2) is 28.2 Å². The number of benzene rings is 1. The highest BCUT2D eigenvalue weighted by Crippen LogP contribution is 2.27. The first-order chi connectivity index (χ1) is 14.9. The normalized spacial score (nSPS) is 10.6. The third-order valence-corrected chi connectivity index (χ3v) is 4.77. The number of nitro groups is 2. The fourth-order valence-electron chi connectivity index (χ4n) is 2.05. The lowest BCUT2D eigenvalue weighted by atomic mass is 10.2. The quantitative estimate of drug-likeness (QED) is 0.334. The van der Waals surface area contributed by atoms with Crippen molar-refractivity contribution in [2.45, 2.75) is 11.8 Å². The minimum absolute atomic E-state index is 0.187. The van der Waals surface area contributed by atoms with Crippen LogP contribution in [0.15, 0.2) is 58.5 Å². The Morgan fingerprint density at radius 2 is 1.56 bits per heavy atom. The summed E-state index contributed by atoms with van der Waals surface area (Å²) in [5.74, 6) is -2.60. The predicted octanol–water partition coefficient (Wildman–Crippen LogP) is 2.63. The molecule has 2 heterocycles. The van der Waals surface area contributed by atoms with Crippen LogP contribution in [0.5, 0.6) is 5.88 Å². The summed E-state index contributed by atoms with van der Waals surface area (Å²) >= 11 is 0. The van der Waals surface area contributed by atoms with Gasteiger partial charge in [0.2, 0.25) is 0 Å². The van der Waals surface area contributed by atoms with Crippen molar-refractivity contribution in [1.29, 1.82) is 0 Å². The van der Waals surface area contributed by atoms with Crippen molar-refractivity contribution in [3.8, 4) is 5.88 Å². The lowest BCUT2D eigenvalue weighted by Crippen LogP contribution is -2.12. The molecule has 0 spiro atoms. The Bertz CT molecular complexity index is 1330. The second-order valence-corrected chi connectivity index (χ2v) is 7.42. The van der Waals surface area contributed by atoms with Crippen LogP contribution in [0, 0.1) is 38.8 Å². The SMILES string of the molecule is Cc1ccc(S(=O)(=O)Oc2ncc(F)cc2[N+](=O)[O-])cc1.O=c1[nH]cc(F)cc1[N+](=O)[O-]. The van der Waals surface area contributed by atoms with E-state index in [1.54, 1.807) is 19.1 Å². The highest BCUT2D eigenvalue weighted by atomic mass is 32.2. The molecule has 15 heteroatoms. The zero-order valence-electron chi connectivity index (χ0n) is 15.9. The van der Waals surface area contributed by atoms with Gasteiger partial charge in [-0.3, -0.25) is 25.0 Å². The molecular formula is C17H12F2N4O8S. The average Bonchev–Trinajstić information content (AvgIpc) is 2.71. The summed E-state index contributed by atoms with van der Waals surface area (Å²) in [5, 5.41) is 20.8. The number of hydrogen-bond donors (Lipinski definition) is 1. The van der Waals surface area contributed by atoms with Gasteiger partial charge in [0.05, 0.1) is 28.2 Å². The molecule has 0 aliphatic carbocycles. The molecule has 0 aliphatic heterocycles. The summed E-state index contributed by atoms with van der Waals surface area (Å²) in [6.07, 6.45) is 1.39. The van der Waals surface area contributed by atoms with E-state index < -0.39 is 54.4 Å². The lowest BCUT2D eigenvalue weighted by molar-refractivity contribution is -0.386. The van der Waals surface area contributed by atoms with Crippen LogP contribution in [0.3, 0.4) is 0 Å². The van der Waals surface area contributed by atoms with E-state index in [2.05, 4.69) is 9.17 Å². The third kappa shape index (κ3) is 6.11. The number of nitrogens with zero attached hydrogens (tertiary/aromatic N) is 3. The van der Waals surface area contributed by atoms with Crippen molar-refractivity contribution in [2.75, 3.05) is 0 Å². The van der Waals surface area contributed by atoms with Crippen LogP contribution in [-0.2, 0) is 10.1 Å². The van der Waals surface area contributed by atoms with Crippen LogP contribution >= 0.6 is 0 Å². The predicted molar refractivity (Wildman–Crippen MR) is 104 cm³/mol. The number of halogens is 2. The maximum absolute atomic E-state index is 12.9. The van der Waals surface area contributed by atoms with E-state index in [0.29, 0.717) is 18.3 Å². The summed E-state index contributed by atoms with van der Waals surface area (Å²) in [5.41, 5.74) is -1.73. The molecule has 1 N–H and O–H groups in total. The lowest BCUT2D eigenvalue weighted by Gasteiger charge is -2.06. The Morgan fingerprint density at radius 1 is 1.00 bits per heavy atom. The second-order valence-electron chi connectivity index (χ2n) is 5.87. The van der Waals surface area contributed by atoms with Crippen molar-refractivity contribution in [3.63, 3.8) is 0 Å². The van der Waals surface area contributed by atoms with E-state index >= 15 is 0 Å². The molecule has 1 aromatic carbocycles. The highest BCUT2D eigenvalue weighted by Gasteiger charge is 2.25. The molecule has 0 atom stereocenters. The number of aromatic nitrogens is 2. The first-order valence-electron chi connectivity index (χ1n) is 8.24. The van der Waals surface area contributed by atoms with Gasteiger partial charge >= 0.3 is 32.9 Å². The Morgan fingerprint density at radius 3 is 2.09 bits per heavy atom. The Hall–Kier alpha value is -4.27. The van der Waals surface area contributed by atoms with Gasteiger partial charge in [-0.05, 0) is 19.1 Å². The van der Waals surface area contributed by atoms with Gasteiger partial charge in [-0.25, -0.2) is 13.8 Å². The van der Waals surface area contributed by atoms with Crippen molar-refractivity contribution in [1.82, 2.24) is 9.97 Å². The zero-order chi connectivity index (χ0) is 24.1. The van der Waals surface area contributed by atoms with Crippen LogP contribution in [0.25, 0.3) is 0 Å². The molecule has 0 aliphatic rings. The Labute approximate surface area is 177 Å². The third-order valence-electron chi connectivity index (χ3n) is 3.54. The summed E-state index contributed by atoms with van der Waals surface area (Å²) in [7, 11) is -4.29. The van der Waals surface area contributed by atoms with Crippen LogP contribution in [0.1, 0.15) is 5.56 Å². The topological polar surface area (TPSA) is 175 Å². The molecule has 0 bridgehead atoms. The van der Waals surface area contributed by atoms with Crippen LogP contribution in [0.4, 0.5) is 20.2 Å². The van der Waals surface area contributed by atoms with Gasteiger partial charge in [-0.15, -0.1) is 0 Å². The van der Waals surface area contributed by atoms with Gasteiger partial charge in [0, 0.05) is 6.20 Å². The first-order valence-corrected chi connectivity index (χ1v) is 9.65. The number of rotatable bonds is 5. The van der Waals surface area contributed by atoms with E-state index in [1.807, 2.05) is 4.98 Å². The van der Waals surface area contributed by atoms with E-state index in [4.69, 9.17) is 0 Å². The summed E-state index contributed by atoms with van der Waals surface area (Å²) in [4.78, 5) is 34.4. The van der Waals surface area contributed by atoms with Crippen molar-refractivity contribution < 1.29 is 31.2 Å². The van der Waals surface area contributed by atoms with E-state index in [0.717, 1.165) is 11.8 Å². The molecule has 0 saturated carbocycles. The number of aryl methyl sites for hydroxylation is 1. The molecule has 3 aromatic rings. The largest absolute Gasteiger partial charge is 0.351 e. The second kappa shape index (κ2) is 9.69.